The second kappa shape index (κ2) is 3.85. The van der Waals surface area contributed by atoms with Gasteiger partial charge in [0.25, 0.3) is 5.56 Å². The number of hydrogen-bond donors (Lipinski definition) is 1. The van der Waals surface area contributed by atoms with E-state index in [-0.39, 0.29) is 5.56 Å². The maximum absolute atomic E-state index is 11.5. The van der Waals surface area contributed by atoms with Gasteiger partial charge in [-0.25, -0.2) is 0 Å². The zero-order valence-corrected chi connectivity index (χ0v) is 9.23. The van der Waals surface area contributed by atoms with E-state index < -0.39 is 0 Å². The zero-order valence-electron chi connectivity index (χ0n) is 9.23. The van der Waals surface area contributed by atoms with Crippen LogP contribution in [0.1, 0.15) is 5.56 Å². The molecule has 0 fully saturated rings. The van der Waals surface area contributed by atoms with Crippen LogP contribution in [0.2, 0.25) is 0 Å². The first-order valence-electron chi connectivity index (χ1n) is 5.13. The molecule has 1 aromatic carbocycles. The van der Waals surface area contributed by atoms with Crippen molar-refractivity contribution >= 4 is 16.6 Å². The molecule has 3 heteroatoms. The number of nitrogens with zero attached hydrogens (tertiary/aromatic N) is 1. The fraction of sp³-hybridized carbons (Fsp3) is 0.154. The predicted molar refractivity (Wildman–Crippen MR) is 67.5 cm³/mol. The summed E-state index contributed by atoms with van der Waals surface area (Å²) in [6.45, 7) is 3.72. The molecule has 1 aromatic heterocycles. The van der Waals surface area contributed by atoms with E-state index in [1.165, 1.54) is 0 Å². The first kappa shape index (κ1) is 10.5. The van der Waals surface area contributed by atoms with Crippen molar-refractivity contribution < 1.29 is 0 Å². The van der Waals surface area contributed by atoms with Crippen molar-refractivity contribution in [2.24, 2.45) is 7.05 Å². The third-order valence-corrected chi connectivity index (χ3v) is 2.80. The number of hydrogen-bond acceptors (Lipinski definition) is 2. The van der Waals surface area contributed by atoms with Gasteiger partial charge in [0, 0.05) is 24.2 Å². The molecule has 0 amide bonds. The molecule has 0 aliphatic heterocycles. The summed E-state index contributed by atoms with van der Waals surface area (Å²) in [6.07, 6.45) is 2.53. The van der Waals surface area contributed by atoms with Crippen molar-refractivity contribution in [2.45, 2.75) is 6.42 Å². The van der Waals surface area contributed by atoms with Crippen LogP contribution in [-0.2, 0) is 13.5 Å². The molecule has 82 valence electrons. The second-order valence-electron chi connectivity index (χ2n) is 3.79. The van der Waals surface area contributed by atoms with Crippen LogP contribution in [0.3, 0.4) is 0 Å². The average molecular weight is 214 g/mol. The minimum Gasteiger partial charge on any atom is -0.398 e. The minimum atomic E-state index is -0.0122. The van der Waals surface area contributed by atoms with Gasteiger partial charge in [0.1, 0.15) is 0 Å². The predicted octanol–water partition coefficient (Wildman–Crippen LogP) is 1.85. The van der Waals surface area contributed by atoms with E-state index in [1.807, 2.05) is 24.3 Å². The maximum atomic E-state index is 11.5. The Labute approximate surface area is 93.8 Å². The molecule has 0 atom stereocenters. The normalized spacial score (nSPS) is 10.6. The molecule has 2 aromatic rings. The summed E-state index contributed by atoms with van der Waals surface area (Å²) in [5.41, 5.74) is 8.59. The van der Waals surface area contributed by atoms with Gasteiger partial charge in [0.2, 0.25) is 0 Å². The number of nitrogen functional groups attached to an aromatic ring is 1. The largest absolute Gasteiger partial charge is 0.398 e. The maximum Gasteiger partial charge on any atom is 0.250 e. The highest BCUT2D eigenvalue weighted by atomic mass is 16.1. The lowest BCUT2D eigenvalue weighted by Gasteiger charge is -2.10. The van der Waals surface area contributed by atoms with E-state index in [0.717, 1.165) is 22.2 Å². The standard InChI is InChI=1S/C13H14N2O/c1-3-4-9-10-5-8-13(16)15(2)12(10)7-6-11(9)14/h3,5-8H,1,4,14H2,2H3. The Morgan fingerprint density at radius 2 is 2.12 bits per heavy atom. The topological polar surface area (TPSA) is 48.0 Å². The summed E-state index contributed by atoms with van der Waals surface area (Å²) >= 11 is 0. The van der Waals surface area contributed by atoms with E-state index in [2.05, 4.69) is 6.58 Å². The molecule has 0 unspecified atom stereocenters. The quantitative estimate of drug-likeness (QED) is 0.612. The Bertz CT molecular complexity index is 611. The number of allylic oxidation sites excluding steroid dienone is 1. The molecule has 0 aliphatic carbocycles. The summed E-state index contributed by atoms with van der Waals surface area (Å²) in [5.74, 6) is 0. The lowest BCUT2D eigenvalue weighted by molar-refractivity contribution is 0.905. The van der Waals surface area contributed by atoms with Crippen LogP contribution in [0.25, 0.3) is 10.9 Å². The minimum absolute atomic E-state index is 0.0122. The molecule has 16 heavy (non-hydrogen) atoms. The first-order chi connectivity index (χ1) is 7.65. The average Bonchev–Trinajstić information content (AvgIpc) is 2.27. The van der Waals surface area contributed by atoms with E-state index in [0.29, 0.717) is 6.42 Å². The van der Waals surface area contributed by atoms with Crippen molar-refractivity contribution in [3.05, 3.63) is 52.8 Å². The van der Waals surface area contributed by atoms with Crippen LogP contribution in [0, 0.1) is 0 Å². The molecule has 0 aliphatic rings. The van der Waals surface area contributed by atoms with Gasteiger partial charge >= 0.3 is 0 Å². The van der Waals surface area contributed by atoms with Gasteiger partial charge in [-0.1, -0.05) is 6.08 Å². The molecule has 0 bridgehead atoms. The Morgan fingerprint density at radius 1 is 1.38 bits per heavy atom. The summed E-state index contributed by atoms with van der Waals surface area (Å²) < 4.78 is 1.63. The van der Waals surface area contributed by atoms with Gasteiger partial charge in [0.15, 0.2) is 0 Å². The Hall–Kier alpha value is -2.03. The molecule has 1 heterocycles. The fourth-order valence-electron chi connectivity index (χ4n) is 1.90. The highest BCUT2D eigenvalue weighted by molar-refractivity contribution is 5.87. The van der Waals surface area contributed by atoms with Crippen LogP contribution in [0.5, 0.6) is 0 Å². The lowest BCUT2D eigenvalue weighted by Crippen LogP contribution is -2.15. The van der Waals surface area contributed by atoms with E-state index >= 15 is 0 Å². The van der Waals surface area contributed by atoms with Crippen molar-refractivity contribution in [2.75, 3.05) is 5.73 Å². The highest BCUT2D eigenvalue weighted by Gasteiger charge is 2.06. The molecule has 2 rings (SSSR count). The van der Waals surface area contributed by atoms with Crippen molar-refractivity contribution in [3.63, 3.8) is 0 Å². The molecular weight excluding hydrogens is 200 g/mol. The molecule has 0 saturated carbocycles. The molecule has 3 nitrogen and oxygen atoms in total. The van der Waals surface area contributed by atoms with Crippen molar-refractivity contribution in [1.82, 2.24) is 4.57 Å². The third-order valence-electron chi connectivity index (χ3n) is 2.80. The summed E-state index contributed by atoms with van der Waals surface area (Å²) in [7, 11) is 1.76. The number of benzene rings is 1. The van der Waals surface area contributed by atoms with Gasteiger partial charge < -0.3 is 10.3 Å². The number of rotatable bonds is 2. The Morgan fingerprint density at radius 3 is 2.81 bits per heavy atom. The molecule has 0 saturated heterocycles. The fourth-order valence-corrected chi connectivity index (χ4v) is 1.90. The van der Waals surface area contributed by atoms with E-state index in [9.17, 15) is 4.79 Å². The third kappa shape index (κ3) is 1.50. The first-order valence-corrected chi connectivity index (χ1v) is 5.13. The van der Waals surface area contributed by atoms with Gasteiger partial charge in [-0.3, -0.25) is 4.79 Å². The van der Waals surface area contributed by atoms with Crippen LogP contribution >= 0.6 is 0 Å². The summed E-state index contributed by atoms with van der Waals surface area (Å²) in [5, 5.41) is 1.02. The number of aryl methyl sites for hydroxylation is 1. The van der Waals surface area contributed by atoms with Gasteiger partial charge in [-0.15, -0.1) is 6.58 Å². The number of aromatic nitrogens is 1. The van der Waals surface area contributed by atoms with E-state index in [1.54, 1.807) is 17.7 Å². The molecular formula is C13H14N2O. The molecule has 2 N–H and O–H groups in total. The highest BCUT2D eigenvalue weighted by Crippen LogP contribution is 2.23. The summed E-state index contributed by atoms with van der Waals surface area (Å²) in [6, 6.07) is 7.10. The van der Waals surface area contributed by atoms with Gasteiger partial charge in [-0.05, 0) is 30.2 Å². The monoisotopic (exact) mass is 214 g/mol. The van der Waals surface area contributed by atoms with Crippen LogP contribution in [0.4, 0.5) is 5.69 Å². The smallest absolute Gasteiger partial charge is 0.250 e. The van der Waals surface area contributed by atoms with Crippen LogP contribution in [0.15, 0.2) is 41.7 Å². The molecule has 0 radical (unpaired) electrons. The van der Waals surface area contributed by atoms with E-state index in [4.69, 9.17) is 5.73 Å². The Kier molecular flexibility index (Phi) is 2.52. The van der Waals surface area contributed by atoms with Crippen molar-refractivity contribution in [1.29, 1.82) is 0 Å². The molecule has 0 spiro atoms. The number of fused-ring (bicyclic) bond motifs is 1. The SMILES string of the molecule is C=CCc1c(N)ccc2c1ccc(=O)n2C. The number of nitrogens with two attached hydrogens (primary N) is 1. The van der Waals surface area contributed by atoms with Gasteiger partial charge in [-0.2, -0.15) is 0 Å². The second-order valence-corrected chi connectivity index (χ2v) is 3.79. The number of anilines is 1. The van der Waals surface area contributed by atoms with Crippen molar-refractivity contribution in [3.8, 4) is 0 Å². The lowest BCUT2D eigenvalue weighted by atomic mass is 10.0. The summed E-state index contributed by atoms with van der Waals surface area (Å²) in [4.78, 5) is 11.5. The Balaban J connectivity index is 2.89. The zero-order chi connectivity index (χ0) is 11.7. The number of pyridine rings is 1. The van der Waals surface area contributed by atoms with Crippen LogP contribution in [-0.4, -0.2) is 4.57 Å². The van der Waals surface area contributed by atoms with Gasteiger partial charge in [0.05, 0.1) is 5.52 Å². The van der Waals surface area contributed by atoms with Crippen LogP contribution < -0.4 is 11.3 Å².